The number of unbranched alkanes of at least 4 members (excludes halogenated alkanes) is 2. The van der Waals surface area contributed by atoms with Gasteiger partial charge in [0.15, 0.2) is 23.0 Å². The molecule has 0 bridgehead atoms. The van der Waals surface area contributed by atoms with Crippen LogP contribution in [-0.2, 0) is 0 Å². The third-order valence-corrected chi connectivity index (χ3v) is 3.58. The van der Waals surface area contributed by atoms with Crippen molar-refractivity contribution in [3.05, 3.63) is 15.6 Å². The van der Waals surface area contributed by atoms with Crippen LogP contribution in [0.4, 0.5) is 0 Å². The number of rotatable bonds is 7. The van der Waals surface area contributed by atoms with Gasteiger partial charge in [-0.15, -0.1) is 0 Å². The topological polar surface area (TPSA) is 92.8 Å². The lowest BCUT2D eigenvalue weighted by molar-refractivity contribution is 0.0974. The fourth-order valence-corrected chi connectivity index (χ4v) is 2.40. The fraction of sp³-hybridized carbons (Fsp3) is 0.462. The van der Waals surface area contributed by atoms with E-state index in [1.807, 2.05) is 0 Å². The highest BCUT2D eigenvalue weighted by atomic mass is 35.5. The highest BCUT2D eigenvalue weighted by Crippen LogP contribution is 2.48. The predicted octanol–water partition coefficient (Wildman–Crippen LogP) is 3.12. The van der Waals surface area contributed by atoms with E-state index in [2.05, 4.69) is 0 Å². The van der Waals surface area contributed by atoms with Gasteiger partial charge in [-0.3, -0.25) is 4.79 Å². The first-order valence-electron chi connectivity index (χ1n) is 6.15. The SMILES string of the molecule is COc1c(Cl)c(O)c(C(=O)CCCCCN)c(O)c1Cl. The minimum Gasteiger partial charge on any atom is -0.505 e. The summed E-state index contributed by atoms with van der Waals surface area (Å²) in [6.45, 7) is 0.560. The van der Waals surface area contributed by atoms with Gasteiger partial charge in [0.05, 0.1) is 7.11 Å². The summed E-state index contributed by atoms with van der Waals surface area (Å²) in [5, 5.41) is 19.4. The first-order chi connectivity index (χ1) is 9.45. The minimum atomic E-state index is -0.519. The molecule has 112 valence electrons. The van der Waals surface area contributed by atoms with Crippen molar-refractivity contribution >= 4 is 29.0 Å². The number of nitrogens with two attached hydrogens (primary N) is 1. The molecule has 4 N–H and O–H groups in total. The average Bonchev–Trinajstić information content (AvgIpc) is 2.42. The van der Waals surface area contributed by atoms with Crippen molar-refractivity contribution in [2.24, 2.45) is 5.73 Å². The molecule has 0 atom stereocenters. The Morgan fingerprint density at radius 2 is 1.70 bits per heavy atom. The summed E-state index contributed by atoms with van der Waals surface area (Å²) in [6, 6.07) is 0. The number of carbonyl (C=O) groups is 1. The normalized spacial score (nSPS) is 10.6. The van der Waals surface area contributed by atoms with Crippen LogP contribution in [0.25, 0.3) is 0 Å². The Morgan fingerprint density at radius 1 is 1.15 bits per heavy atom. The molecular weight excluding hydrogens is 305 g/mol. The molecule has 0 unspecified atom stereocenters. The number of Topliss-reactive ketones (excluding diaryl/α,β-unsaturated/α-hetero) is 1. The number of phenolic OH excluding ortho intramolecular Hbond substituents is 2. The van der Waals surface area contributed by atoms with Crippen LogP contribution in [0, 0.1) is 0 Å². The Morgan fingerprint density at radius 3 is 2.15 bits per heavy atom. The minimum absolute atomic E-state index is 0.0667. The molecule has 5 nitrogen and oxygen atoms in total. The van der Waals surface area contributed by atoms with Crippen molar-refractivity contribution in [3.63, 3.8) is 0 Å². The lowest BCUT2D eigenvalue weighted by atomic mass is 10.0. The second-order valence-corrected chi connectivity index (χ2v) is 5.01. The molecule has 0 saturated carbocycles. The van der Waals surface area contributed by atoms with Crippen LogP contribution >= 0.6 is 23.2 Å². The summed E-state index contributed by atoms with van der Waals surface area (Å²) in [5.74, 6) is -1.53. The number of hydrogen-bond donors (Lipinski definition) is 3. The van der Waals surface area contributed by atoms with E-state index in [4.69, 9.17) is 33.7 Å². The van der Waals surface area contributed by atoms with Crippen LogP contribution in [0.1, 0.15) is 36.0 Å². The molecule has 0 saturated heterocycles. The van der Waals surface area contributed by atoms with E-state index in [1.165, 1.54) is 7.11 Å². The van der Waals surface area contributed by atoms with Crippen molar-refractivity contribution in [2.45, 2.75) is 25.7 Å². The zero-order valence-electron chi connectivity index (χ0n) is 11.1. The van der Waals surface area contributed by atoms with Gasteiger partial charge in [-0.05, 0) is 19.4 Å². The number of phenols is 2. The Bertz CT molecular complexity index is 477. The molecule has 0 spiro atoms. The van der Waals surface area contributed by atoms with Crippen molar-refractivity contribution in [1.82, 2.24) is 0 Å². The molecular formula is C13H17Cl2NO4. The van der Waals surface area contributed by atoms with E-state index in [0.717, 1.165) is 12.8 Å². The van der Waals surface area contributed by atoms with Crippen molar-refractivity contribution in [1.29, 1.82) is 0 Å². The standard InChI is InChI=1S/C13H17Cl2NO4/c1-20-13-9(14)11(18)8(12(19)10(13)15)7(17)5-3-2-4-6-16/h18-19H,2-6,16H2,1H3. The highest BCUT2D eigenvalue weighted by Gasteiger charge is 2.26. The summed E-state index contributed by atoms with van der Waals surface area (Å²) in [6.07, 6.45) is 2.38. The van der Waals surface area contributed by atoms with Crippen LogP contribution < -0.4 is 10.5 Å². The Labute approximate surface area is 127 Å². The third kappa shape index (κ3) is 3.48. The number of carbonyl (C=O) groups excluding carboxylic acids is 1. The second-order valence-electron chi connectivity index (χ2n) is 4.26. The summed E-state index contributed by atoms with van der Waals surface area (Å²) in [5.41, 5.74) is 5.09. The zero-order chi connectivity index (χ0) is 15.3. The molecule has 7 heteroatoms. The number of ether oxygens (including phenoxy) is 1. The van der Waals surface area contributed by atoms with E-state index in [9.17, 15) is 15.0 Å². The summed E-state index contributed by atoms with van der Waals surface area (Å²) in [4.78, 5) is 12.0. The first-order valence-corrected chi connectivity index (χ1v) is 6.91. The van der Waals surface area contributed by atoms with Gasteiger partial charge in [0.25, 0.3) is 0 Å². The Kier molecular flexibility index (Phi) is 6.39. The molecule has 0 aliphatic rings. The quantitative estimate of drug-likeness (QED) is 0.530. The summed E-state index contributed by atoms with van der Waals surface area (Å²) >= 11 is 11.7. The van der Waals surface area contributed by atoms with Gasteiger partial charge < -0.3 is 20.7 Å². The van der Waals surface area contributed by atoms with Gasteiger partial charge >= 0.3 is 0 Å². The molecule has 1 rings (SSSR count). The van der Waals surface area contributed by atoms with Gasteiger partial charge in [0.1, 0.15) is 15.6 Å². The van der Waals surface area contributed by atoms with Crippen molar-refractivity contribution in [3.8, 4) is 17.2 Å². The van der Waals surface area contributed by atoms with Gasteiger partial charge in [0.2, 0.25) is 0 Å². The third-order valence-electron chi connectivity index (χ3n) is 2.88. The molecule has 0 heterocycles. The predicted molar refractivity (Wildman–Crippen MR) is 78.2 cm³/mol. The highest BCUT2D eigenvalue weighted by molar-refractivity contribution is 6.40. The molecule has 0 aliphatic heterocycles. The van der Waals surface area contributed by atoms with Crippen LogP contribution in [0.15, 0.2) is 0 Å². The second kappa shape index (κ2) is 7.57. The molecule has 0 aromatic heterocycles. The monoisotopic (exact) mass is 321 g/mol. The molecule has 0 aliphatic carbocycles. The molecule has 0 radical (unpaired) electrons. The maximum atomic E-state index is 12.0. The van der Waals surface area contributed by atoms with Crippen LogP contribution in [0.2, 0.25) is 10.0 Å². The molecule has 20 heavy (non-hydrogen) atoms. The lowest BCUT2D eigenvalue weighted by Crippen LogP contribution is -2.03. The number of methoxy groups -OCH3 is 1. The van der Waals surface area contributed by atoms with Crippen molar-refractivity contribution in [2.75, 3.05) is 13.7 Å². The molecule has 1 aromatic rings. The maximum Gasteiger partial charge on any atom is 0.170 e. The van der Waals surface area contributed by atoms with Gasteiger partial charge in [-0.1, -0.05) is 29.6 Å². The number of benzene rings is 1. The number of aromatic hydroxyl groups is 2. The van der Waals surface area contributed by atoms with Gasteiger partial charge in [-0.2, -0.15) is 0 Å². The van der Waals surface area contributed by atoms with Gasteiger partial charge in [0, 0.05) is 6.42 Å². The first kappa shape index (κ1) is 16.9. The van der Waals surface area contributed by atoms with Gasteiger partial charge in [-0.25, -0.2) is 0 Å². The number of hydrogen-bond acceptors (Lipinski definition) is 5. The van der Waals surface area contributed by atoms with Crippen LogP contribution in [0.3, 0.4) is 0 Å². The molecule has 0 amide bonds. The van der Waals surface area contributed by atoms with E-state index >= 15 is 0 Å². The van der Waals surface area contributed by atoms with Crippen LogP contribution in [-0.4, -0.2) is 29.7 Å². The van der Waals surface area contributed by atoms with E-state index in [1.54, 1.807) is 0 Å². The van der Waals surface area contributed by atoms with E-state index in [0.29, 0.717) is 13.0 Å². The van der Waals surface area contributed by atoms with Crippen molar-refractivity contribution < 1.29 is 19.7 Å². The Balaban J connectivity index is 3.03. The summed E-state index contributed by atoms with van der Waals surface area (Å²) in [7, 11) is 1.29. The number of halogens is 2. The lowest BCUT2D eigenvalue weighted by Gasteiger charge is -2.13. The Hall–Kier alpha value is -1.17. The average molecular weight is 322 g/mol. The van der Waals surface area contributed by atoms with Crippen LogP contribution in [0.5, 0.6) is 17.2 Å². The summed E-state index contributed by atoms with van der Waals surface area (Å²) < 4.78 is 4.88. The van der Waals surface area contributed by atoms with E-state index < -0.39 is 17.3 Å². The largest absolute Gasteiger partial charge is 0.505 e. The smallest absolute Gasteiger partial charge is 0.170 e. The molecule has 1 aromatic carbocycles. The molecule has 0 fully saturated rings. The zero-order valence-corrected chi connectivity index (χ0v) is 12.6. The maximum absolute atomic E-state index is 12.0. The fourth-order valence-electron chi connectivity index (χ4n) is 1.82. The number of ketones is 1. The van der Waals surface area contributed by atoms with E-state index in [-0.39, 0.29) is 27.8 Å².